The van der Waals surface area contributed by atoms with E-state index in [9.17, 15) is 19.8 Å². The molecule has 1 saturated carbocycles. The highest BCUT2D eigenvalue weighted by Gasteiger charge is 2.54. The van der Waals surface area contributed by atoms with E-state index in [0.29, 0.717) is 47.0 Å². The number of hydrogen-bond acceptors (Lipinski definition) is 15. The summed E-state index contributed by atoms with van der Waals surface area (Å²) < 4.78 is 11.8. The lowest BCUT2D eigenvalue weighted by atomic mass is 9.60. The number of ether oxygens (including phenoxy) is 1. The molecule has 342 valence electrons. The van der Waals surface area contributed by atoms with Crippen molar-refractivity contribution in [2.45, 2.75) is 83.1 Å². The van der Waals surface area contributed by atoms with E-state index in [2.05, 4.69) is 51.7 Å². The molecule has 4 aliphatic heterocycles. The van der Waals surface area contributed by atoms with Gasteiger partial charge >= 0.3 is 0 Å². The number of amides is 2. The quantitative estimate of drug-likeness (QED) is 0.119. The number of phenolic OH excluding ortho intramolecular Hbond substituents is 1. The molecule has 7 heterocycles. The molecule has 2 amide bonds. The minimum absolute atomic E-state index is 0.0657. The third kappa shape index (κ3) is 8.54. The number of aromatic nitrogens is 4. The molecule has 5 atom stereocenters. The number of hydrogen-bond donors (Lipinski definition) is 4. The highest BCUT2D eigenvalue weighted by Crippen LogP contribution is 2.51. The summed E-state index contributed by atoms with van der Waals surface area (Å²) >= 11 is 1.60. The number of aryl methyl sites for hydroxylation is 1. The number of aliphatic hydroxyl groups is 1. The van der Waals surface area contributed by atoms with Crippen molar-refractivity contribution in [2.24, 2.45) is 11.3 Å². The van der Waals surface area contributed by atoms with Crippen molar-refractivity contribution in [3.05, 3.63) is 83.2 Å². The fourth-order valence-corrected chi connectivity index (χ4v) is 11.7. The summed E-state index contributed by atoms with van der Waals surface area (Å²) in [6.45, 7) is 15.0. The number of aliphatic hydroxyl groups excluding tert-OH is 1. The first-order valence-corrected chi connectivity index (χ1v) is 23.8. The normalized spacial score (nSPS) is 22.7. The summed E-state index contributed by atoms with van der Waals surface area (Å²) in [7, 11) is 0. The van der Waals surface area contributed by atoms with Gasteiger partial charge in [0.25, 0.3) is 5.88 Å². The van der Waals surface area contributed by atoms with Gasteiger partial charge in [-0.3, -0.25) is 19.4 Å². The zero-order valence-electron chi connectivity index (χ0n) is 37.4. The highest BCUT2D eigenvalue weighted by molar-refractivity contribution is 7.13. The molecule has 2 aromatic carbocycles. The summed E-state index contributed by atoms with van der Waals surface area (Å²) in [5.41, 5.74) is 7.62. The third-order valence-electron chi connectivity index (χ3n) is 14.3. The maximum atomic E-state index is 14.2. The van der Waals surface area contributed by atoms with Gasteiger partial charge in [-0.2, -0.15) is 0 Å². The molecule has 1 unspecified atom stereocenters. The van der Waals surface area contributed by atoms with Crippen LogP contribution in [0.3, 0.4) is 0 Å². The van der Waals surface area contributed by atoms with Crippen LogP contribution in [-0.2, 0) is 9.59 Å². The van der Waals surface area contributed by atoms with Crippen molar-refractivity contribution < 1.29 is 29.1 Å². The van der Waals surface area contributed by atoms with E-state index in [-0.39, 0.29) is 42.5 Å². The number of nitrogens with one attached hydrogen (secondary N) is 2. The van der Waals surface area contributed by atoms with Crippen LogP contribution in [0.25, 0.3) is 21.7 Å². The lowest BCUT2D eigenvalue weighted by molar-refractivity contribution is -0.141. The number of aromatic hydroxyl groups is 1. The number of likely N-dealkylation sites (tertiary alicyclic amines) is 2. The summed E-state index contributed by atoms with van der Waals surface area (Å²) in [6, 6.07) is 18.9. The van der Waals surface area contributed by atoms with Crippen LogP contribution < -0.4 is 20.3 Å². The number of para-hydroxylation sites is 1. The van der Waals surface area contributed by atoms with E-state index < -0.39 is 18.1 Å². The maximum Gasteiger partial charge on any atom is 0.254 e. The van der Waals surface area contributed by atoms with Crippen LogP contribution in [0.15, 0.2) is 70.7 Å². The number of carbonyl (C=O) groups excluding carboxylic acids is 2. The van der Waals surface area contributed by atoms with Crippen LogP contribution in [0.1, 0.15) is 69.0 Å². The van der Waals surface area contributed by atoms with Gasteiger partial charge in [-0.25, -0.2) is 4.98 Å². The molecule has 4 fully saturated rings. The van der Waals surface area contributed by atoms with Gasteiger partial charge in [0.2, 0.25) is 11.8 Å². The van der Waals surface area contributed by atoms with E-state index >= 15 is 0 Å². The standard InChI is InChI=1S/C48H58N10O6S/c1-28(2)43(47(62)58-24-35(59)17-39(58)46(61)51-29(3)31-9-11-32(12-10-31)44-30(4)50-27-65-44)41-19-42(54-64-41)63-16-15-55-25-48(26-55)20-33(21-48)56-13-14-57-34(23-56)22-49-45-38(57)18-37(52-53-45)36-7-5-6-8-40(36)60/h5-12,18-19,27-29,33-35,39,43,59-60H,13-17,20-26H2,1-4H3,(H,49,53)(H,51,61)/t29-,34?,35+,39-,43+/m0/s1. The molecular weight excluding hydrogens is 845 g/mol. The first-order valence-electron chi connectivity index (χ1n) is 22.9. The Hall–Kier alpha value is -5.62. The second kappa shape index (κ2) is 17.6. The number of thiazole rings is 1. The molecule has 1 spiro atoms. The number of β-amino-alcohol motifs (C(OH)–C–C–N with tert-alkyl or cyclic N) is 1. The fourth-order valence-electron chi connectivity index (χ4n) is 10.9. The van der Waals surface area contributed by atoms with Gasteiger partial charge < -0.3 is 39.9 Å². The molecule has 3 aromatic heterocycles. The largest absolute Gasteiger partial charge is 0.507 e. The van der Waals surface area contributed by atoms with Gasteiger partial charge in [0.15, 0.2) is 11.6 Å². The van der Waals surface area contributed by atoms with Gasteiger partial charge in [0.05, 0.1) is 45.7 Å². The molecule has 16 nitrogen and oxygen atoms in total. The Labute approximate surface area is 383 Å². The fraction of sp³-hybridized carbons (Fsp3) is 0.500. The molecular formula is C48H58N10O6S. The Bertz CT molecular complexity index is 2520. The first-order chi connectivity index (χ1) is 31.4. The topological polar surface area (TPSA) is 186 Å². The molecule has 65 heavy (non-hydrogen) atoms. The molecule has 0 bridgehead atoms. The first kappa shape index (κ1) is 43.3. The van der Waals surface area contributed by atoms with Gasteiger partial charge in [0, 0.05) is 76.5 Å². The number of phenols is 1. The van der Waals surface area contributed by atoms with Crippen molar-refractivity contribution in [3.8, 4) is 33.3 Å². The van der Waals surface area contributed by atoms with Gasteiger partial charge in [-0.15, -0.1) is 21.5 Å². The second-order valence-electron chi connectivity index (χ2n) is 19.1. The number of carbonyl (C=O) groups is 2. The van der Waals surface area contributed by atoms with Crippen molar-refractivity contribution in [3.63, 3.8) is 0 Å². The van der Waals surface area contributed by atoms with Gasteiger partial charge in [0.1, 0.15) is 24.3 Å². The third-order valence-corrected chi connectivity index (χ3v) is 15.3. The van der Waals surface area contributed by atoms with E-state index in [0.717, 1.165) is 79.0 Å². The molecule has 1 aliphatic carbocycles. The molecule has 4 N–H and O–H groups in total. The second-order valence-corrected chi connectivity index (χ2v) is 20.0. The van der Waals surface area contributed by atoms with Crippen molar-refractivity contribution in [1.29, 1.82) is 0 Å². The monoisotopic (exact) mass is 902 g/mol. The smallest absolute Gasteiger partial charge is 0.254 e. The summed E-state index contributed by atoms with van der Waals surface area (Å²) in [4.78, 5) is 42.5. The minimum Gasteiger partial charge on any atom is -0.507 e. The Morgan fingerprint density at radius 1 is 1.03 bits per heavy atom. The van der Waals surface area contributed by atoms with E-state index in [1.54, 1.807) is 23.5 Å². The minimum atomic E-state index is -0.815. The maximum absolute atomic E-state index is 14.2. The molecule has 10 rings (SSSR count). The Balaban J connectivity index is 0.678. The average molecular weight is 903 g/mol. The SMILES string of the molecule is Cc1ncsc1-c1ccc([C@H](C)NC(=O)[C@@H]2C[C@@H](O)CN2C(=O)[C@@H](c2cc(OCCN3CC4(CC(N5CCN6c7cc(-c8ccccc8O)nnc7NCC6C5)C4)C3)no2)C(C)C)cc1. The zero-order valence-corrected chi connectivity index (χ0v) is 38.2. The number of anilines is 2. The van der Waals surface area contributed by atoms with E-state index in [1.165, 1.54) is 17.7 Å². The van der Waals surface area contributed by atoms with Crippen LogP contribution in [0.2, 0.25) is 0 Å². The van der Waals surface area contributed by atoms with Crippen LogP contribution in [0.5, 0.6) is 11.6 Å². The number of piperazine rings is 1. The number of benzene rings is 2. The van der Waals surface area contributed by atoms with E-state index in [4.69, 9.17) is 9.26 Å². The van der Waals surface area contributed by atoms with Crippen LogP contribution in [0.4, 0.5) is 11.5 Å². The molecule has 3 saturated heterocycles. The number of nitrogens with zero attached hydrogens (tertiary/aromatic N) is 8. The lowest BCUT2D eigenvalue weighted by Crippen LogP contribution is -2.69. The molecule has 5 aliphatic rings. The zero-order chi connectivity index (χ0) is 45.0. The molecule has 0 radical (unpaired) electrons. The predicted octanol–water partition coefficient (Wildman–Crippen LogP) is 5.31. The van der Waals surface area contributed by atoms with Gasteiger partial charge in [-0.05, 0) is 72.5 Å². The molecule has 5 aromatic rings. The lowest BCUT2D eigenvalue weighted by Gasteiger charge is -2.62. The molecule has 17 heteroatoms. The van der Waals surface area contributed by atoms with Crippen molar-refractivity contribution in [1.82, 2.24) is 40.4 Å². The van der Waals surface area contributed by atoms with Crippen LogP contribution >= 0.6 is 11.3 Å². The Morgan fingerprint density at radius 3 is 2.58 bits per heavy atom. The Morgan fingerprint density at radius 2 is 1.83 bits per heavy atom. The van der Waals surface area contributed by atoms with Crippen LogP contribution in [-0.4, -0.2) is 140 Å². The highest BCUT2D eigenvalue weighted by atomic mass is 32.1. The van der Waals surface area contributed by atoms with Crippen molar-refractivity contribution in [2.75, 3.05) is 69.2 Å². The average Bonchev–Trinajstić information content (AvgIpc) is 4.03. The van der Waals surface area contributed by atoms with Crippen LogP contribution in [0, 0.1) is 18.3 Å². The van der Waals surface area contributed by atoms with Crippen molar-refractivity contribution >= 4 is 34.7 Å². The number of fused-ring (bicyclic) bond motifs is 3. The number of rotatable bonds is 13. The van der Waals surface area contributed by atoms with E-state index in [1.807, 2.05) is 75.7 Å². The Kier molecular flexibility index (Phi) is 11.7. The summed E-state index contributed by atoms with van der Waals surface area (Å²) in [5.74, 6) is 0.276. The summed E-state index contributed by atoms with van der Waals surface area (Å²) in [6.07, 6.45) is 1.76. The summed E-state index contributed by atoms with van der Waals surface area (Å²) in [5, 5.41) is 40.8. The van der Waals surface area contributed by atoms with Gasteiger partial charge in [-0.1, -0.05) is 50.2 Å². The predicted molar refractivity (Wildman–Crippen MR) is 247 cm³/mol.